The molecule has 0 heterocycles. The Bertz CT molecular complexity index is 327. The van der Waals surface area contributed by atoms with E-state index < -0.39 is 5.82 Å². The Kier molecular flexibility index (Phi) is 2.84. The standard InChI is InChI=1S/C10H10Cl2FN/c11-8-4-7(5-9(12)10(8)13)14-6-2-1-3-6/h4-6,14H,1-3H2. The van der Waals surface area contributed by atoms with E-state index in [1.165, 1.54) is 6.42 Å². The Labute approximate surface area is 92.2 Å². The van der Waals surface area contributed by atoms with Crippen molar-refractivity contribution in [2.24, 2.45) is 0 Å². The fourth-order valence-electron chi connectivity index (χ4n) is 1.43. The minimum absolute atomic E-state index is 0.0688. The third-order valence-corrected chi connectivity index (χ3v) is 3.01. The molecule has 1 aliphatic rings. The van der Waals surface area contributed by atoms with E-state index in [4.69, 9.17) is 23.2 Å². The third kappa shape index (κ3) is 1.96. The molecule has 0 bridgehead atoms. The molecular weight excluding hydrogens is 224 g/mol. The zero-order valence-electron chi connectivity index (χ0n) is 7.49. The zero-order chi connectivity index (χ0) is 10.1. The van der Waals surface area contributed by atoms with Crippen molar-refractivity contribution in [2.75, 3.05) is 5.32 Å². The predicted molar refractivity (Wildman–Crippen MR) is 57.7 cm³/mol. The van der Waals surface area contributed by atoms with Crippen LogP contribution < -0.4 is 5.32 Å². The predicted octanol–water partition coefficient (Wildman–Crippen LogP) is 4.10. The van der Waals surface area contributed by atoms with Gasteiger partial charge in [0.25, 0.3) is 0 Å². The molecule has 0 saturated heterocycles. The lowest BCUT2D eigenvalue weighted by Crippen LogP contribution is -2.26. The number of hydrogen-bond donors (Lipinski definition) is 1. The summed E-state index contributed by atoms with van der Waals surface area (Å²) < 4.78 is 13.1. The molecule has 14 heavy (non-hydrogen) atoms. The van der Waals surface area contributed by atoms with Crippen LogP contribution in [0.2, 0.25) is 10.0 Å². The first-order chi connectivity index (χ1) is 6.66. The monoisotopic (exact) mass is 233 g/mol. The van der Waals surface area contributed by atoms with Gasteiger partial charge in [-0.15, -0.1) is 0 Å². The quantitative estimate of drug-likeness (QED) is 0.759. The van der Waals surface area contributed by atoms with Gasteiger partial charge in [0.1, 0.15) is 0 Å². The van der Waals surface area contributed by atoms with Crippen molar-refractivity contribution in [1.82, 2.24) is 0 Å². The van der Waals surface area contributed by atoms with Gasteiger partial charge in [-0.2, -0.15) is 0 Å². The first-order valence-corrected chi connectivity index (χ1v) is 5.33. The molecule has 76 valence electrons. The maximum atomic E-state index is 13.1. The Morgan fingerprint density at radius 3 is 2.21 bits per heavy atom. The molecule has 1 aromatic carbocycles. The van der Waals surface area contributed by atoms with Gasteiger partial charge >= 0.3 is 0 Å². The van der Waals surface area contributed by atoms with Crippen LogP contribution >= 0.6 is 23.2 Å². The molecule has 0 amide bonds. The van der Waals surface area contributed by atoms with Crippen molar-refractivity contribution in [1.29, 1.82) is 0 Å². The molecule has 0 unspecified atom stereocenters. The molecule has 1 N–H and O–H groups in total. The van der Waals surface area contributed by atoms with E-state index in [0.717, 1.165) is 18.5 Å². The van der Waals surface area contributed by atoms with Gasteiger partial charge < -0.3 is 5.32 Å². The van der Waals surface area contributed by atoms with Crippen LogP contribution in [0.4, 0.5) is 10.1 Å². The molecule has 1 aliphatic carbocycles. The summed E-state index contributed by atoms with van der Waals surface area (Å²) in [6.45, 7) is 0. The molecule has 1 fully saturated rings. The van der Waals surface area contributed by atoms with Gasteiger partial charge in [0.2, 0.25) is 0 Å². The summed E-state index contributed by atoms with van der Waals surface area (Å²) in [6.07, 6.45) is 3.57. The second-order valence-electron chi connectivity index (χ2n) is 3.53. The van der Waals surface area contributed by atoms with Gasteiger partial charge in [0.15, 0.2) is 5.82 Å². The van der Waals surface area contributed by atoms with Crippen molar-refractivity contribution in [2.45, 2.75) is 25.3 Å². The second-order valence-corrected chi connectivity index (χ2v) is 4.34. The molecule has 0 aromatic heterocycles. The van der Waals surface area contributed by atoms with Crippen LogP contribution in [-0.2, 0) is 0 Å². The highest BCUT2D eigenvalue weighted by atomic mass is 35.5. The number of halogens is 3. The average molecular weight is 234 g/mol. The van der Waals surface area contributed by atoms with Gasteiger partial charge in [0, 0.05) is 11.7 Å². The summed E-state index contributed by atoms with van der Waals surface area (Å²) in [6, 6.07) is 3.63. The third-order valence-electron chi connectivity index (χ3n) is 2.46. The van der Waals surface area contributed by atoms with Crippen LogP contribution in [0.15, 0.2) is 12.1 Å². The van der Waals surface area contributed by atoms with Gasteiger partial charge in [-0.05, 0) is 31.4 Å². The maximum absolute atomic E-state index is 13.1. The first kappa shape index (κ1) is 10.1. The fraction of sp³-hybridized carbons (Fsp3) is 0.400. The summed E-state index contributed by atoms with van der Waals surface area (Å²) in [5.74, 6) is -0.549. The Hall–Kier alpha value is -0.470. The second kappa shape index (κ2) is 3.95. The van der Waals surface area contributed by atoms with E-state index >= 15 is 0 Å². The number of rotatable bonds is 2. The molecule has 1 nitrogen and oxygen atoms in total. The number of anilines is 1. The van der Waals surface area contributed by atoms with Crippen LogP contribution in [0.3, 0.4) is 0 Å². The van der Waals surface area contributed by atoms with Gasteiger partial charge in [-0.1, -0.05) is 23.2 Å². The molecule has 0 aliphatic heterocycles. The minimum atomic E-state index is -0.549. The number of hydrogen-bond acceptors (Lipinski definition) is 1. The SMILES string of the molecule is Fc1c(Cl)cc(NC2CCC2)cc1Cl. The van der Waals surface area contributed by atoms with Crippen LogP contribution in [0.1, 0.15) is 19.3 Å². The van der Waals surface area contributed by atoms with E-state index in [-0.39, 0.29) is 10.0 Å². The summed E-state index contributed by atoms with van der Waals surface area (Å²) in [7, 11) is 0. The highest BCUT2D eigenvalue weighted by Crippen LogP contribution is 2.30. The average Bonchev–Trinajstić information content (AvgIpc) is 2.07. The van der Waals surface area contributed by atoms with Gasteiger partial charge in [-0.25, -0.2) is 4.39 Å². The number of nitrogens with one attached hydrogen (secondary N) is 1. The molecule has 2 rings (SSSR count). The van der Waals surface area contributed by atoms with Crippen molar-refractivity contribution < 1.29 is 4.39 Å². The zero-order valence-corrected chi connectivity index (χ0v) is 9.00. The largest absolute Gasteiger partial charge is 0.382 e. The van der Waals surface area contributed by atoms with Crippen LogP contribution in [-0.4, -0.2) is 6.04 Å². The van der Waals surface area contributed by atoms with Crippen molar-refractivity contribution in [3.8, 4) is 0 Å². The highest BCUT2D eigenvalue weighted by Gasteiger charge is 2.17. The lowest BCUT2D eigenvalue weighted by atomic mass is 9.93. The van der Waals surface area contributed by atoms with Gasteiger partial charge in [0.05, 0.1) is 10.0 Å². The van der Waals surface area contributed by atoms with Crippen LogP contribution in [0.25, 0.3) is 0 Å². The van der Waals surface area contributed by atoms with Crippen LogP contribution in [0.5, 0.6) is 0 Å². The highest BCUT2D eigenvalue weighted by molar-refractivity contribution is 6.35. The smallest absolute Gasteiger partial charge is 0.160 e. The van der Waals surface area contributed by atoms with E-state index in [0.29, 0.717) is 6.04 Å². The molecule has 4 heteroatoms. The molecular formula is C10H10Cl2FN. The summed E-state index contributed by atoms with van der Waals surface area (Å²) in [5, 5.41) is 3.39. The molecule has 1 saturated carbocycles. The Balaban J connectivity index is 2.17. The minimum Gasteiger partial charge on any atom is -0.382 e. The molecule has 0 atom stereocenters. The normalized spacial score (nSPS) is 16.5. The molecule has 0 radical (unpaired) electrons. The van der Waals surface area contributed by atoms with Gasteiger partial charge in [-0.3, -0.25) is 0 Å². The van der Waals surface area contributed by atoms with E-state index in [2.05, 4.69) is 5.32 Å². The summed E-state index contributed by atoms with van der Waals surface area (Å²) in [5.41, 5.74) is 0.797. The lowest BCUT2D eigenvalue weighted by Gasteiger charge is -2.27. The van der Waals surface area contributed by atoms with Crippen LogP contribution in [0, 0.1) is 5.82 Å². The van der Waals surface area contributed by atoms with Crippen molar-refractivity contribution in [3.05, 3.63) is 28.0 Å². The van der Waals surface area contributed by atoms with E-state index in [9.17, 15) is 4.39 Å². The Morgan fingerprint density at radius 1 is 1.21 bits per heavy atom. The molecule has 0 spiro atoms. The summed E-state index contributed by atoms with van der Waals surface area (Å²) >= 11 is 11.3. The topological polar surface area (TPSA) is 12.0 Å². The number of benzene rings is 1. The van der Waals surface area contributed by atoms with Crippen molar-refractivity contribution in [3.63, 3.8) is 0 Å². The fourth-order valence-corrected chi connectivity index (χ4v) is 1.91. The summed E-state index contributed by atoms with van der Waals surface area (Å²) in [4.78, 5) is 0. The van der Waals surface area contributed by atoms with E-state index in [1.807, 2.05) is 0 Å². The Morgan fingerprint density at radius 2 is 1.79 bits per heavy atom. The van der Waals surface area contributed by atoms with Crippen molar-refractivity contribution >= 4 is 28.9 Å². The first-order valence-electron chi connectivity index (χ1n) is 4.58. The molecule has 1 aromatic rings. The maximum Gasteiger partial charge on any atom is 0.160 e. The van der Waals surface area contributed by atoms with E-state index in [1.54, 1.807) is 12.1 Å². The lowest BCUT2D eigenvalue weighted by molar-refractivity contribution is 0.445.